The van der Waals surface area contributed by atoms with Crippen molar-refractivity contribution in [2.24, 2.45) is 4.99 Å². The quantitative estimate of drug-likeness (QED) is 0.541. The molecule has 0 unspecified atom stereocenters. The van der Waals surface area contributed by atoms with E-state index in [2.05, 4.69) is 11.1 Å². The third kappa shape index (κ3) is 1.92. The molecule has 0 aliphatic carbocycles. The summed E-state index contributed by atoms with van der Waals surface area (Å²) in [5, 5.41) is 0. The van der Waals surface area contributed by atoms with E-state index in [1.165, 1.54) is 0 Å². The number of hydrogen-bond donors (Lipinski definition) is 0. The molecule has 0 saturated heterocycles. The van der Waals surface area contributed by atoms with Crippen LogP contribution < -0.4 is 0 Å². The third-order valence-electron chi connectivity index (χ3n) is 1.52. The fourth-order valence-electron chi connectivity index (χ4n) is 1.02. The molecule has 0 atom stereocenters. The van der Waals surface area contributed by atoms with Gasteiger partial charge in [-0.15, -0.1) is 30.3 Å². The van der Waals surface area contributed by atoms with Crippen molar-refractivity contribution < 1.29 is 24.2 Å². The largest absolute Gasteiger partial charge is 1.00 e. The number of benzene rings is 1. The van der Waals surface area contributed by atoms with Crippen molar-refractivity contribution in [3.05, 3.63) is 35.9 Å². The van der Waals surface area contributed by atoms with Gasteiger partial charge in [0.15, 0.2) is 0 Å². The van der Waals surface area contributed by atoms with Crippen molar-refractivity contribution in [1.82, 2.24) is 0 Å². The van der Waals surface area contributed by atoms with Gasteiger partial charge in [-0.3, -0.25) is 4.99 Å². The van der Waals surface area contributed by atoms with Crippen molar-refractivity contribution >= 4 is 5.90 Å². The van der Waals surface area contributed by atoms with Crippen molar-refractivity contribution in [2.45, 2.75) is 0 Å². The number of aliphatic imine (C=N–C) groups is 1. The molecule has 1 radical (unpaired) electrons. The monoisotopic (exact) mass is 248 g/mol. The molecule has 0 bridgehead atoms. The minimum absolute atomic E-state index is 0. The van der Waals surface area contributed by atoms with Crippen LogP contribution in [0.1, 0.15) is 5.56 Å². The normalized spacial score (nSPS) is 14.5. The zero-order chi connectivity index (χ0) is 7.52. The Kier molecular flexibility index (Phi) is 3.42. The minimum atomic E-state index is 0. The van der Waals surface area contributed by atoms with E-state index in [0.717, 1.165) is 18.0 Å². The molecule has 63 valence electrons. The van der Waals surface area contributed by atoms with Crippen LogP contribution in [0, 0.1) is 6.07 Å². The molecule has 3 heteroatoms. The zero-order valence-electron chi connectivity index (χ0n) is 6.43. The second-order valence-electron chi connectivity index (χ2n) is 2.31. The SMILES string of the molecule is [Ru+].[c-]1ccccc1C1=NCCO1. The molecule has 0 spiro atoms. The van der Waals surface area contributed by atoms with E-state index in [9.17, 15) is 0 Å². The maximum atomic E-state index is 5.26. The summed E-state index contributed by atoms with van der Waals surface area (Å²) in [6.45, 7) is 1.48. The van der Waals surface area contributed by atoms with Gasteiger partial charge >= 0.3 is 19.5 Å². The predicted octanol–water partition coefficient (Wildman–Crippen LogP) is 1.26. The minimum Gasteiger partial charge on any atom is -0.518 e. The molecule has 0 N–H and O–H groups in total. The molecule has 12 heavy (non-hydrogen) atoms. The average Bonchev–Trinajstić information content (AvgIpc) is 2.58. The summed E-state index contributed by atoms with van der Waals surface area (Å²) in [7, 11) is 0. The van der Waals surface area contributed by atoms with Gasteiger partial charge in [-0.2, -0.15) is 0 Å². The Morgan fingerprint density at radius 3 is 2.92 bits per heavy atom. The zero-order valence-corrected chi connectivity index (χ0v) is 8.17. The van der Waals surface area contributed by atoms with Crippen LogP contribution in [0.25, 0.3) is 0 Å². The Labute approximate surface area is 84.4 Å². The number of rotatable bonds is 1. The van der Waals surface area contributed by atoms with E-state index < -0.39 is 0 Å². The molecule has 1 heterocycles. The van der Waals surface area contributed by atoms with Crippen LogP contribution in [0.2, 0.25) is 0 Å². The standard InChI is InChI=1S/C9H8NO.Ru/c1-2-4-8(5-3-1)9-10-6-7-11-9;/h1-4H,6-7H2;/q-1;+1. The third-order valence-corrected chi connectivity index (χ3v) is 1.52. The first-order valence-electron chi connectivity index (χ1n) is 3.61. The van der Waals surface area contributed by atoms with Gasteiger partial charge in [0, 0.05) is 0 Å². The fourth-order valence-corrected chi connectivity index (χ4v) is 1.02. The molecule has 0 fully saturated rings. The van der Waals surface area contributed by atoms with Gasteiger partial charge in [-0.1, -0.05) is 5.56 Å². The van der Waals surface area contributed by atoms with E-state index in [1.54, 1.807) is 0 Å². The van der Waals surface area contributed by atoms with Crippen molar-refractivity contribution in [3.8, 4) is 0 Å². The van der Waals surface area contributed by atoms with Crippen molar-refractivity contribution in [3.63, 3.8) is 0 Å². The Morgan fingerprint density at radius 1 is 1.42 bits per heavy atom. The van der Waals surface area contributed by atoms with Gasteiger partial charge in [0.05, 0.1) is 13.2 Å². The average molecular weight is 247 g/mol. The Morgan fingerprint density at radius 2 is 2.33 bits per heavy atom. The first-order chi connectivity index (χ1) is 5.47. The molecular formula is C9H8NORu. The number of ether oxygens (including phenoxy) is 1. The van der Waals surface area contributed by atoms with Crippen LogP contribution >= 0.6 is 0 Å². The second-order valence-corrected chi connectivity index (χ2v) is 2.31. The second kappa shape index (κ2) is 4.37. The first kappa shape index (κ1) is 9.40. The molecule has 2 rings (SSSR count). The van der Waals surface area contributed by atoms with Crippen LogP contribution in [-0.2, 0) is 24.2 Å². The maximum Gasteiger partial charge on any atom is 1.00 e. The van der Waals surface area contributed by atoms with Crippen molar-refractivity contribution in [1.29, 1.82) is 0 Å². The predicted molar refractivity (Wildman–Crippen MR) is 42.6 cm³/mol. The van der Waals surface area contributed by atoms with Crippen molar-refractivity contribution in [2.75, 3.05) is 13.2 Å². The number of nitrogens with zero attached hydrogens (tertiary/aromatic N) is 1. The molecule has 0 aromatic heterocycles. The van der Waals surface area contributed by atoms with Gasteiger partial charge in [-0.05, 0) is 0 Å². The van der Waals surface area contributed by atoms with E-state index in [-0.39, 0.29) is 19.5 Å². The maximum absolute atomic E-state index is 5.26. The van der Waals surface area contributed by atoms with Crippen LogP contribution in [-0.4, -0.2) is 19.0 Å². The van der Waals surface area contributed by atoms with Crippen LogP contribution in [0.4, 0.5) is 0 Å². The molecule has 0 amide bonds. The molecule has 1 aromatic rings. The molecule has 1 aromatic carbocycles. The van der Waals surface area contributed by atoms with Gasteiger partial charge in [0.2, 0.25) is 0 Å². The number of hydrogen-bond acceptors (Lipinski definition) is 2. The Bertz CT molecular complexity index is 271. The topological polar surface area (TPSA) is 21.6 Å². The molecular weight excluding hydrogens is 239 g/mol. The van der Waals surface area contributed by atoms with Crippen LogP contribution in [0.5, 0.6) is 0 Å². The summed E-state index contributed by atoms with van der Waals surface area (Å²) < 4.78 is 5.26. The van der Waals surface area contributed by atoms with E-state index in [4.69, 9.17) is 4.74 Å². The summed E-state index contributed by atoms with van der Waals surface area (Å²) >= 11 is 0. The van der Waals surface area contributed by atoms with Gasteiger partial charge in [-0.25, -0.2) is 0 Å². The molecule has 1 aliphatic rings. The summed E-state index contributed by atoms with van der Waals surface area (Å²) in [5.74, 6) is 0.727. The molecule has 1 aliphatic heterocycles. The Hall–Kier alpha value is -0.687. The fraction of sp³-hybridized carbons (Fsp3) is 0.222. The van der Waals surface area contributed by atoms with E-state index >= 15 is 0 Å². The van der Waals surface area contributed by atoms with Crippen LogP contribution in [0.3, 0.4) is 0 Å². The summed E-state index contributed by atoms with van der Waals surface area (Å²) in [6, 6.07) is 10.7. The molecule has 2 nitrogen and oxygen atoms in total. The summed E-state index contributed by atoms with van der Waals surface area (Å²) in [6.07, 6.45) is 0. The van der Waals surface area contributed by atoms with Crippen LogP contribution in [0.15, 0.2) is 29.3 Å². The molecule has 0 saturated carbocycles. The summed E-state index contributed by atoms with van der Waals surface area (Å²) in [4.78, 5) is 4.17. The summed E-state index contributed by atoms with van der Waals surface area (Å²) in [5.41, 5.74) is 0.949. The van der Waals surface area contributed by atoms with Gasteiger partial charge < -0.3 is 4.74 Å². The van der Waals surface area contributed by atoms with Gasteiger partial charge in [0.25, 0.3) is 0 Å². The van der Waals surface area contributed by atoms with Gasteiger partial charge in [0.1, 0.15) is 5.90 Å². The van der Waals surface area contributed by atoms with E-state index in [1.807, 2.05) is 24.3 Å². The van der Waals surface area contributed by atoms with E-state index in [0.29, 0.717) is 6.61 Å². The smallest absolute Gasteiger partial charge is 0.518 e. The Balaban J connectivity index is 0.000000720. The first-order valence-corrected chi connectivity index (χ1v) is 3.61.